The molecule has 0 unspecified atom stereocenters. The van der Waals surface area contributed by atoms with E-state index < -0.39 is 5.97 Å². The highest BCUT2D eigenvalue weighted by molar-refractivity contribution is 5.67. The summed E-state index contributed by atoms with van der Waals surface area (Å²) in [5.41, 5.74) is 1.62. The third kappa shape index (κ3) is 4.50. The molecule has 0 heterocycles. The van der Waals surface area contributed by atoms with Crippen LogP contribution in [0.4, 0.5) is 0 Å². The molecule has 2 rings (SSSR count). The number of carbonyl (C=O) groups is 2. The van der Waals surface area contributed by atoms with Crippen molar-refractivity contribution < 1.29 is 19.4 Å². The van der Waals surface area contributed by atoms with Gasteiger partial charge in [0.05, 0.1) is 0 Å². The van der Waals surface area contributed by atoms with Gasteiger partial charge in [-0.2, -0.15) is 0 Å². The minimum Gasteiger partial charge on any atom is -0.481 e. The second kappa shape index (κ2) is 8.14. The summed E-state index contributed by atoms with van der Waals surface area (Å²) in [6.07, 6.45) is 9.17. The minimum atomic E-state index is -0.702. The van der Waals surface area contributed by atoms with E-state index in [2.05, 4.69) is 26.8 Å². The van der Waals surface area contributed by atoms with Gasteiger partial charge in [-0.1, -0.05) is 45.8 Å². The standard InChI is InChI=1S/C22H36O4/c1-15(13-20(24)25)10-12-22(5)16(2)8-9-18-19(22)7-6-11-21(18,4)14-26-17(3)23/h9,15-16,19H,6-8,10-14H2,1-5H3,(H,24,25)/t15-,16-,19+,21-,22+/m0/s1. The maximum absolute atomic E-state index is 11.3. The number of carboxylic acid groups (broad SMARTS) is 1. The zero-order valence-electron chi connectivity index (χ0n) is 17.1. The lowest BCUT2D eigenvalue weighted by atomic mass is 9.51. The number of fused-ring (bicyclic) bond motifs is 1. The van der Waals surface area contributed by atoms with Crippen LogP contribution in [0, 0.1) is 28.6 Å². The molecule has 1 fully saturated rings. The van der Waals surface area contributed by atoms with E-state index in [4.69, 9.17) is 9.84 Å². The summed E-state index contributed by atoms with van der Waals surface area (Å²) in [6, 6.07) is 0. The van der Waals surface area contributed by atoms with Crippen molar-refractivity contribution in [3.63, 3.8) is 0 Å². The van der Waals surface area contributed by atoms with Crippen molar-refractivity contribution in [2.45, 2.75) is 79.6 Å². The number of aliphatic carboxylic acids is 1. The molecule has 0 amide bonds. The van der Waals surface area contributed by atoms with Crippen molar-refractivity contribution in [2.75, 3.05) is 6.61 Å². The molecule has 0 bridgehead atoms. The van der Waals surface area contributed by atoms with E-state index >= 15 is 0 Å². The molecule has 1 N–H and O–H groups in total. The lowest BCUT2D eigenvalue weighted by molar-refractivity contribution is -0.144. The van der Waals surface area contributed by atoms with Crippen molar-refractivity contribution in [3.8, 4) is 0 Å². The van der Waals surface area contributed by atoms with E-state index in [1.165, 1.54) is 18.9 Å². The van der Waals surface area contributed by atoms with Crippen LogP contribution >= 0.6 is 0 Å². The molecule has 1 saturated carbocycles. The highest BCUT2D eigenvalue weighted by Crippen LogP contribution is 2.58. The Hall–Kier alpha value is -1.32. The molecule has 0 radical (unpaired) electrons. The van der Waals surface area contributed by atoms with Gasteiger partial charge < -0.3 is 9.84 Å². The monoisotopic (exact) mass is 364 g/mol. The fourth-order valence-electron chi connectivity index (χ4n) is 5.20. The summed E-state index contributed by atoms with van der Waals surface area (Å²) in [6.45, 7) is 11.0. The number of carbonyl (C=O) groups excluding carboxylic acids is 1. The van der Waals surface area contributed by atoms with Gasteiger partial charge in [0.1, 0.15) is 6.61 Å². The average Bonchev–Trinajstić information content (AvgIpc) is 2.55. The number of esters is 1. The van der Waals surface area contributed by atoms with E-state index in [9.17, 15) is 9.59 Å². The number of hydrogen-bond donors (Lipinski definition) is 1. The molecule has 0 spiro atoms. The van der Waals surface area contributed by atoms with Crippen molar-refractivity contribution in [2.24, 2.45) is 28.6 Å². The molecule has 5 atom stereocenters. The largest absolute Gasteiger partial charge is 0.481 e. The van der Waals surface area contributed by atoms with E-state index in [1.54, 1.807) is 0 Å². The van der Waals surface area contributed by atoms with Crippen LogP contribution in [0.5, 0.6) is 0 Å². The Kier molecular flexibility index (Phi) is 6.57. The van der Waals surface area contributed by atoms with Gasteiger partial charge >= 0.3 is 11.9 Å². The highest BCUT2D eigenvalue weighted by atomic mass is 16.5. The Morgan fingerprint density at radius 1 is 1.38 bits per heavy atom. The van der Waals surface area contributed by atoms with Crippen LogP contribution in [-0.4, -0.2) is 23.7 Å². The lowest BCUT2D eigenvalue weighted by Crippen LogP contribution is -2.46. The van der Waals surface area contributed by atoms with E-state index in [0.717, 1.165) is 32.1 Å². The molecule has 0 aromatic carbocycles. The fourth-order valence-corrected chi connectivity index (χ4v) is 5.20. The van der Waals surface area contributed by atoms with E-state index in [0.29, 0.717) is 18.4 Å². The molecule has 4 heteroatoms. The highest BCUT2D eigenvalue weighted by Gasteiger charge is 2.49. The number of ether oxygens (including phenoxy) is 1. The smallest absolute Gasteiger partial charge is 0.303 e. The fraction of sp³-hybridized carbons (Fsp3) is 0.818. The van der Waals surface area contributed by atoms with Crippen LogP contribution in [0.1, 0.15) is 79.6 Å². The molecule has 148 valence electrons. The third-order valence-corrected chi connectivity index (χ3v) is 7.20. The Morgan fingerprint density at radius 3 is 2.69 bits per heavy atom. The Bertz CT molecular complexity index is 566. The summed E-state index contributed by atoms with van der Waals surface area (Å²) in [5, 5.41) is 9.05. The van der Waals surface area contributed by atoms with Crippen molar-refractivity contribution in [3.05, 3.63) is 11.6 Å². The number of rotatable bonds is 7. The zero-order chi connectivity index (χ0) is 19.5. The van der Waals surface area contributed by atoms with E-state index in [-0.39, 0.29) is 29.1 Å². The molecule has 0 aliphatic heterocycles. The van der Waals surface area contributed by atoms with Crippen LogP contribution in [-0.2, 0) is 14.3 Å². The molecular weight excluding hydrogens is 328 g/mol. The van der Waals surface area contributed by atoms with Crippen molar-refractivity contribution in [1.29, 1.82) is 0 Å². The maximum atomic E-state index is 11.3. The third-order valence-electron chi connectivity index (χ3n) is 7.20. The van der Waals surface area contributed by atoms with Crippen LogP contribution in [0.15, 0.2) is 11.6 Å². The van der Waals surface area contributed by atoms with Crippen molar-refractivity contribution >= 4 is 11.9 Å². The van der Waals surface area contributed by atoms with Gasteiger partial charge in [-0.05, 0) is 55.3 Å². The van der Waals surface area contributed by atoms with E-state index in [1.807, 2.05) is 6.92 Å². The first kappa shape index (κ1) is 21.0. The molecule has 2 aliphatic rings. The summed E-state index contributed by atoms with van der Waals surface area (Å²) >= 11 is 0. The van der Waals surface area contributed by atoms with Gasteiger partial charge in [0.25, 0.3) is 0 Å². The quantitative estimate of drug-likeness (QED) is 0.497. The Labute approximate surface area is 158 Å². The number of hydrogen-bond acceptors (Lipinski definition) is 3. The maximum Gasteiger partial charge on any atom is 0.303 e. The van der Waals surface area contributed by atoms with Gasteiger partial charge in [0, 0.05) is 18.8 Å². The molecular formula is C22H36O4. The predicted molar refractivity (Wildman–Crippen MR) is 103 cm³/mol. The molecule has 2 aliphatic carbocycles. The summed E-state index contributed by atoms with van der Waals surface area (Å²) < 4.78 is 5.43. The van der Waals surface area contributed by atoms with Crippen LogP contribution in [0.25, 0.3) is 0 Å². The Morgan fingerprint density at radius 2 is 2.08 bits per heavy atom. The van der Waals surface area contributed by atoms with Crippen LogP contribution < -0.4 is 0 Å². The molecule has 26 heavy (non-hydrogen) atoms. The number of allylic oxidation sites excluding steroid dienone is 1. The summed E-state index contributed by atoms with van der Waals surface area (Å²) in [4.78, 5) is 22.3. The molecule has 0 aromatic rings. The first-order valence-corrected chi connectivity index (χ1v) is 10.1. The molecule has 4 nitrogen and oxygen atoms in total. The van der Waals surface area contributed by atoms with Gasteiger partial charge in [0.2, 0.25) is 0 Å². The summed E-state index contributed by atoms with van der Waals surface area (Å²) in [7, 11) is 0. The first-order valence-electron chi connectivity index (χ1n) is 10.1. The Balaban J connectivity index is 2.17. The van der Waals surface area contributed by atoms with Crippen molar-refractivity contribution in [1.82, 2.24) is 0 Å². The number of carboxylic acids is 1. The zero-order valence-corrected chi connectivity index (χ0v) is 17.1. The SMILES string of the molecule is CC(=O)OC[C@]1(C)CCC[C@@H]2C1=CC[C@H](C)[C@@]2(C)CC[C@H](C)CC(=O)O. The van der Waals surface area contributed by atoms with Crippen LogP contribution in [0.2, 0.25) is 0 Å². The average molecular weight is 365 g/mol. The lowest BCUT2D eigenvalue weighted by Gasteiger charge is -2.54. The van der Waals surface area contributed by atoms with Gasteiger partial charge in [0.15, 0.2) is 0 Å². The first-order chi connectivity index (χ1) is 12.1. The second-order valence-corrected chi connectivity index (χ2v) is 9.33. The van der Waals surface area contributed by atoms with Crippen LogP contribution in [0.3, 0.4) is 0 Å². The molecule has 0 aromatic heterocycles. The van der Waals surface area contributed by atoms with Gasteiger partial charge in [-0.25, -0.2) is 0 Å². The predicted octanol–water partition coefficient (Wildman–Crippen LogP) is 5.22. The minimum absolute atomic E-state index is 0.0529. The second-order valence-electron chi connectivity index (χ2n) is 9.33. The van der Waals surface area contributed by atoms with Gasteiger partial charge in [-0.15, -0.1) is 0 Å². The topological polar surface area (TPSA) is 63.6 Å². The van der Waals surface area contributed by atoms with Gasteiger partial charge in [-0.3, -0.25) is 9.59 Å². The molecule has 0 saturated heterocycles. The normalized spacial score (nSPS) is 35.2. The summed E-state index contributed by atoms with van der Waals surface area (Å²) in [5.74, 6) is 0.402.